The summed E-state index contributed by atoms with van der Waals surface area (Å²) in [5, 5.41) is 0.210. The molecule has 0 N–H and O–H groups in total. The molecule has 2 unspecified atom stereocenters. The van der Waals surface area contributed by atoms with Crippen LogP contribution in [0.1, 0.15) is 24.9 Å². The summed E-state index contributed by atoms with van der Waals surface area (Å²) in [7, 11) is 1.76. The zero-order valence-corrected chi connectivity index (χ0v) is 11.3. The van der Waals surface area contributed by atoms with Crippen molar-refractivity contribution in [2.24, 2.45) is 0 Å². The molecule has 3 nitrogen and oxygen atoms in total. The van der Waals surface area contributed by atoms with Crippen LogP contribution in [0.4, 0.5) is 13.2 Å². The number of halogens is 4. The van der Waals surface area contributed by atoms with Crippen molar-refractivity contribution in [1.29, 1.82) is 0 Å². The van der Waals surface area contributed by atoms with Gasteiger partial charge in [0, 0.05) is 18.2 Å². The largest absolute Gasteiger partial charge is 0.472 e. The van der Waals surface area contributed by atoms with Gasteiger partial charge in [-0.15, -0.1) is 0 Å². The van der Waals surface area contributed by atoms with E-state index in [0.29, 0.717) is 0 Å². The van der Waals surface area contributed by atoms with Crippen molar-refractivity contribution >= 4 is 11.6 Å². The molecule has 0 radical (unpaired) electrons. The summed E-state index contributed by atoms with van der Waals surface area (Å²) in [6, 6.07) is 3.28. The van der Waals surface area contributed by atoms with Crippen molar-refractivity contribution in [1.82, 2.24) is 9.88 Å². The predicted octanol–water partition coefficient (Wildman–Crippen LogP) is 3.44. The van der Waals surface area contributed by atoms with Gasteiger partial charge in [-0.1, -0.05) is 11.6 Å². The molecule has 1 aromatic heterocycles. The first kappa shape index (κ1) is 14.4. The van der Waals surface area contributed by atoms with Crippen molar-refractivity contribution < 1.29 is 17.9 Å². The predicted molar refractivity (Wildman–Crippen MR) is 65.4 cm³/mol. The molecule has 0 aliphatic carbocycles. The quantitative estimate of drug-likeness (QED) is 0.742. The van der Waals surface area contributed by atoms with Crippen LogP contribution in [0.5, 0.6) is 5.88 Å². The van der Waals surface area contributed by atoms with E-state index in [-0.39, 0.29) is 23.6 Å². The number of hydrogen-bond acceptors (Lipinski definition) is 3. The average molecular weight is 295 g/mol. The molecule has 0 amide bonds. The monoisotopic (exact) mass is 294 g/mol. The smallest absolute Gasteiger partial charge is 0.392 e. The van der Waals surface area contributed by atoms with Gasteiger partial charge < -0.3 is 4.74 Å². The van der Waals surface area contributed by atoms with E-state index in [1.165, 1.54) is 0 Å². The Balaban J connectivity index is 2.31. The van der Waals surface area contributed by atoms with E-state index in [9.17, 15) is 13.2 Å². The first-order valence-electron chi connectivity index (χ1n) is 5.86. The Morgan fingerprint density at radius 1 is 1.47 bits per heavy atom. The van der Waals surface area contributed by atoms with Crippen LogP contribution in [-0.4, -0.2) is 35.8 Å². The van der Waals surface area contributed by atoms with E-state index < -0.39 is 18.7 Å². The molecule has 0 spiro atoms. The zero-order valence-electron chi connectivity index (χ0n) is 10.5. The molecule has 7 heteroatoms. The molecule has 2 atom stereocenters. The van der Waals surface area contributed by atoms with Crippen LogP contribution in [0, 0.1) is 0 Å². The van der Waals surface area contributed by atoms with Gasteiger partial charge in [0.2, 0.25) is 5.88 Å². The fourth-order valence-corrected chi connectivity index (χ4v) is 2.26. The van der Waals surface area contributed by atoms with Crippen LogP contribution in [0.2, 0.25) is 5.15 Å². The summed E-state index contributed by atoms with van der Waals surface area (Å²) in [6.45, 7) is 2.09. The molecule has 0 bridgehead atoms. The lowest BCUT2D eigenvalue weighted by molar-refractivity contribution is -0.152. The second-order valence-electron chi connectivity index (χ2n) is 4.70. The van der Waals surface area contributed by atoms with Crippen LogP contribution in [-0.2, 0) is 0 Å². The maximum Gasteiger partial charge on any atom is 0.392 e. The highest BCUT2D eigenvalue weighted by Crippen LogP contribution is 2.34. The van der Waals surface area contributed by atoms with Crippen LogP contribution in [0.15, 0.2) is 12.1 Å². The Morgan fingerprint density at radius 3 is 2.79 bits per heavy atom. The number of hydrogen-bond donors (Lipinski definition) is 0. The van der Waals surface area contributed by atoms with Gasteiger partial charge in [-0.25, -0.2) is 4.98 Å². The highest BCUT2D eigenvalue weighted by atomic mass is 35.5. The number of fused-ring (bicyclic) bond motifs is 1. The SMILES string of the molecule is CC1c2ccc(Cl)nc2OC(CC(F)(F)F)CN1C. The maximum absolute atomic E-state index is 12.5. The summed E-state index contributed by atoms with van der Waals surface area (Å²) in [5.41, 5.74) is 0.747. The lowest BCUT2D eigenvalue weighted by Crippen LogP contribution is -2.35. The minimum absolute atomic E-state index is 0.0713. The summed E-state index contributed by atoms with van der Waals surface area (Å²) in [5.74, 6) is 0.193. The van der Waals surface area contributed by atoms with Crippen molar-refractivity contribution in [3.8, 4) is 5.88 Å². The third-order valence-corrected chi connectivity index (χ3v) is 3.41. The first-order chi connectivity index (χ1) is 8.76. The maximum atomic E-state index is 12.5. The molecular formula is C12H14ClF3N2O. The molecule has 19 heavy (non-hydrogen) atoms. The van der Waals surface area contributed by atoms with Crippen LogP contribution in [0.25, 0.3) is 0 Å². The highest BCUT2D eigenvalue weighted by Gasteiger charge is 2.36. The van der Waals surface area contributed by atoms with Gasteiger partial charge in [0.1, 0.15) is 11.3 Å². The minimum Gasteiger partial charge on any atom is -0.472 e. The summed E-state index contributed by atoms with van der Waals surface area (Å²) in [6.07, 6.45) is -6.24. The van der Waals surface area contributed by atoms with Crippen molar-refractivity contribution in [3.05, 3.63) is 22.8 Å². The van der Waals surface area contributed by atoms with Crippen LogP contribution >= 0.6 is 11.6 Å². The Kier molecular flexibility index (Phi) is 3.92. The minimum atomic E-state index is -4.27. The second kappa shape index (κ2) is 5.17. The summed E-state index contributed by atoms with van der Waals surface area (Å²) in [4.78, 5) is 5.81. The fraction of sp³-hybridized carbons (Fsp3) is 0.583. The number of likely N-dealkylation sites (N-methyl/N-ethyl adjacent to an activating group) is 1. The molecule has 2 rings (SSSR count). The molecule has 0 saturated heterocycles. The Bertz CT molecular complexity index is 467. The van der Waals surface area contributed by atoms with Gasteiger partial charge in [0.15, 0.2) is 0 Å². The van der Waals surface area contributed by atoms with E-state index in [0.717, 1.165) is 5.56 Å². The highest BCUT2D eigenvalue weighted by molar-refractivity contribution is 6.29. The van der Waals surface area contributed by atoms with Gasteiger partial charge in [-0.3, -0.25) is 4.90 Å². The lowest BCUT2D eigenvalue weighted by Gasteiger charge is -2.24. The number of pyridine rings is 1. The topological polar surface area (TPSA) is 25.4 Å². The summed E-state index contributed by atoms with van der Waals surface area (Å²) < 4.78 is 42.9. The zero-order chi connectivity index (χ0) is 14.2. The van der Waals surface area contributed by atoms with Crippen molar-refractivity contribution in [2.45, 2.75) is 31.7 Å². The molecule has 1 aliphatic rings. The van der Waals surface area contributed by atoms with E-state index in [1.807, 2.05) is 11.8 Å². The van der Waals surface area contributed by atoms with Crippen LogP contribution in [0.3, 0.4) is 0 Å². The van der Waals surface area contributed by atoms with Crippen LogP contribution < -0.4 is 4.74 Å². The molecule has 0 saturated carbocycles. The normalized spacial score (nSPS) is 24.5. The molecule has 0 fully saturated rings. The molecule has 106 valence electrons. The van der Waals surface area contributed by atoms with Gasteiger partial charge in [-0.2, -0.15) is 13.2 Å². The Labute approximate surface area is 114 Å². The molecular weight excluding hydrogens is 281 g/mol. The second-order valence-corrected chi connectivity index (χ2v) is 5.09. The van der Waals surface area contributed by atoms with Gasteiger partial charge in [0.05, 0.1) is 6.42 Å². The first-order valence-corrected chi connectivity index (χ1v) is 6.24. The fourth-order valence-electron chi connectivity index (χ4n) is 2.12. The Morgan fingerprint density at radius 2 is 2.16 bits per heavy atom. The number of aromatic nitrogens is 1. The lowest BCUT2D eigenvalue weighted by atomic mass is 10.1. The average Bonchev–Trinajstić information content (AvgIpc) is 2.35. The molecule has 1 aromatic rings. The Hall–Kier alpha value is -1.01. The molecule has 0 aromatic carbocycles. The number of nitrogens with zero attached hydrogens (tertiary/aromatic N) is 2. The third-order valence-electron chi connectivity index (χ3n) is 3.20. The van der Waals surface area contributed by atoms with Crippen molar-refractivity contribution in [3.63, 3.8) is 0 Å². The van der Waals surface area contributed by atoms with E-state index in [4.69, 9.17) is 16.3 Å². The van der Waals surface area contributed by atoms with Gasteiger partial charge in [-0.05, 0) is 26.1 Å². The van der Waals surface area contributed by atoms with Gasteiger partial charge in [0.25, 0.3) is 0 Å². The molecule has 1 aliphatic heterocycles. The third kappa shape index (κ3) is 3.51. The number of alkyl halides is 3. The van der Waals surface area contributed by atoms with E-state index >= 15 is 0 Å². The number of ether oxygens (including phenoxy) is 1. The number of rotatable bonds is 1. The molecule has 2 heterocycles. The van der Waals surface area contributed by atoms with E-state index in [1.54, 1.807) is 19.2 Å². The standard InChI is InChI=1S/C12H14ClF3N2O/c1-7-9-3-4-10(13)17-11(9)19-8(6-18(7)2)5-12(14,15)16/h3-4,7-8H,5-6H2,1-2H3. The summed E-state index contributed by atoms with van der Waals surface area (Å²) >= 11 is 5.77. The van der Waals surface area contributed by atoms with Crippen molar-refractivity contribution in [2.75, 3.05) is 13.6 Å². The van der Waals surface area contributed by atoms with Gasteiger partial charge >= 0.3 is 6.18 Å². The van der Waals surface area contributed by atoms with E-state index in [2.05, 4.69) is 4.98 Å².